The maximum atomic E-state index is 8.58. The molecule has 0 heterocycles. The van der Waals surface area contributed by atoms with Crippen LogP contribution in [0.5, 0.6) is 0 Å². The molecule has 0 amide bonds. The summed E-state index contributed by atoms with van der Waals surface area (Å²) in [5, 5.41) is 16.7. The Morgan fingerprint density at radius 3 is 1.38 bits per heavy atom. The van der Waals surface area contributed by atoms with Crippen molar-refractivity contribution in [1.82, 2.24) is 0 Å². The van der Waals surface area contributed by atoms with Gasteiger partial charge in [0.15, 0.2) is 0 Å². The van der Waals surface area contributed by atoms with Gasteiger partial charge in [-0.05, 0) is 13.8 Å². The summed E-state index contributed by atoms with van der Waals surface area (Å²) in [5.74, 6) is 0. The van der Waals surface area contributed by atoms with Crippen LogP contribution >= 0.6 is 0 Å². The fourth-order valence-corrected chi connectivity index (χ4v) is 0. The van der Waals surface area contributed by atoms with Crippen LogP contribution in [0.15, 0.2) is 0 Å². The summed E-state index contributed by atoms with van der Waals surface area (Å²) in [6.45, 7) is 2.92. The Morgan fingerprint density at radius 1 is 1.25 bits per heavy atom. The minimum atomic E-state index is -0.903. The van der Waals surface area contributed by atoms with Gasteiger partial charge in [0.1, 0.15) is 0 Å². The minimum Gasteiger partial charge on any atom is -0.393 e. The zero-order chi connectivity index (χ0) is 5.21. The van der Waals surface area contributed by atoms with Crippen molar-refractivity contribution in [2.45, 2.75) is 34.3 Å². The van der Waals surface area contributed by atoms with Crippen molar-refractivity contribution in [2.24, 2.45) is 0 Å². The molecule has 0 saturated carbocycles. The molecule has 0 aromatic rings. The van der Waals surface area contributed by atoms with Gasteiger partial charge in [-0.3, -0.25) is 0 Å². The third-order valence-corrected chi connectivity index (χ3v) is 0.387. The van der Waals surface area contributed by atoms with E-state index in [1.54, 1.807) is 13.8 Å². The Balaban J connectivity index is -0.000000125. The van der Waals surface area contributed by atoms with Gasteiger partial charge in [0.2, 0.25) is 0 Å². The summed E-state index contributed by atoms with van der Waals surface area (Å²) < 4.78 is 0. The van der Waals surface area contributed by atoms with E-state index in [1.807, 2.05) is 0 Å². The first-order chi connectivity index (χ1) is 2.56. The molecule has 0 aliphatic rings. The van der Waals surface area contributed by atoms with E-state index < -0.39 is 5.60 Å². The summed E-state index contributed by atoms with van der Waals surface area (Å²) in [5.41, 5.74) is -0.903. The third-order valence-electron chi connectivity index (χ3n) is 0.387. The molecule has 0 radical (unpaired) electrons. The molecule has 0 rings (SSSR count). The van der Waals surface area contributed by atoms with Crippen molar-refractivity contribution in [3.8, 4) is 0 Å². The van der Waals surface area contributed by atoms with Gasteiger partial charge in [0.25, 0.3) is 0 Å². The van der Waals surface area contributed by atoms with E-state index in [4.69, 9.17) is 10.2 Å². The minimum absolute atomic E-state index is 0. The van der Waals surface area contributed by atoms with Crippen LogP contribution in [0.25, 0.3) is 0 Å². The summed E-state index contributed by atoms with van der Waals surface area (Å²) in [6, 6.07) is 0. The van der Waals surface area contributed by atoms with E-state index >= 15 is 0 Å². The van der Waals surface area contributed by atoms with Crippen molar-refractivity contribution in [3.63, 3.8) is 0 Å². The van der Waals surface area contributed by atoms with E-state index in [1.165, 1.54) is 0 Å². The molecule has 0 saturated heterocycles. The highest BCUT2D eigenvalue weighted by atomic mass is 16.3. The molecule has 0 spiro atoms. The molecule has 2 heteroatoms. The van der Waals surface area contributed by atoms with Gasteiger partial charge in [-0.2, -0.15) is 0 Å². The van der Waals surface area contributed by atoms with Crippen molar-refractivity contribution in [1.29, 1.82) is 0 Å². The lowest BCUT2D eigenvalue weighted by Crippen LogP contribution is -2.23. The molecule has 0 atom stereocenters. The van der Waals surface area contributed by atoms with Crippen LogP contribution in [-0.2, 0) is 0 Å². The number of aliphatic hydroxyl groups excluding tert-OH is 1. The number of aliphatic hydroxyl groups is 2. The van der Waals surface area contributed by atoms with Gasteiger partial charge in [-0.25, -0.2) is 0 Å². The van der Waals surface area contributed by atoms with Gasteiger partial charge >= 0.3 is 0 Å². The molecule has 2 N–H and O–H groups in total. The third kappa shape index (κ3) is 16.8. The maximum Gasteiger partial charge on any atom is 0.0821 e. The smallest absolute Gasteiger partial charge is 0.0821 e. The van der Waals surface area contributed by atoms with Crippen LogP contribution in [0.3, 0.4) is 0 Å². The maximum absolute atomic E-state index is 8.58. The Morgan fingerprint density at radius 2 is 1.38 bits per heavy atom. The zero-order valence-corrected chi connectivity index (χ0v) is 4.10. The predicted molar refractivity (Wildman–Crippen MR) is 36.8 cm³/mol. The van der Waals surface area contributed by atoms with Gasteiger partial charge in [-0.1, -0.05) is 14.9 Å². The summed E-state index contributed by atoms with van der Waals surface area (Å²) in [7, 11) is 0. The average Bonchev–Trinajstić information content (AvgIpc) is 1.35. The molecule has 0 aliphatic carbocycles. The largest absolute Gasteiger partial charge is 0.393 e. The monoisotopic (exact) mass is 122 g/mol. The van der Waals surface area contributed by atoms with Gasteiger partial charge in [-0.15, -0.1) is 0 Å². The first-order valence-electron chi connectivity index (χ1n) is 1.89. The fraction of sp³-hybridized carbons (Fsp3) is 1.00. The number of rotatable bonds is 1. The van der Waals surface area contributed by atoms with Gasteiger partial charge < -0.3 is 10.2 Å². The molecule has 8 heavy (non-hydrogen) atoms. The molecular weight excluding hydrogens is 104 g/mol. The molecule has 0 aromatic heterocycles. The van der Waals surface area contributed by atoms with Crippen LogP contribution in [0.4, 0.5) is 0 Å². The predicted octanol–water partition coefficient (Wildman–Crippen LogP) is 1.02. The Kier molecular flexibility index (Phi) is 9.92. The molecule has 0 aromatic carbocycles. The summed E-state index contributed by atoms with van der Waals surface area (Å²) in [6.07, 6.45) is 0. The van der Waals surface area contributed by atoms with E-state index in [0.29, 0.717) is 0 Å². The van der Waals surface area contributed by atoms with Crippen LogP contribution in [0.1, 0.15) is 28.7 Å². The average molecular weight is 122 g/mol. The topological polar surface area (TPSA) is 40.5 Å². The molecule has 0 bridgehead atoms. The number of hydrogen-bond donors (Lipinski definition) is 2. The second-order valence-corrected chi connectivity index (χ2v) is 1.97. The lowest BCUT2D eigenvalue weighted by molar-refractivity contribution is 0.0183. The van der Waals surface area contributed by atoms with Crippen molar-refractivity contribution in [3.05, 3.63) is 0 Å². The van der Waals surface area contributed by atoms with Crippen LogP contribution in [0.2, 0.25) is 0 Å². The highest BCUT2D eigenvalue weighted by molar-refractivity contribution is 4.59. The molecular formula is C6H18O2. The first kappa shape index (κ1) is 15.7. The lowest BCUT2D eigenvalue weighted by atomic mass is 10.2. The molecule has 54 valence electrons. The Bertz CT molecular complexity index is 36.3. The van der Waals surface area contributed by atoms with E-state index in [0.717, 1.165) is 0 Å². The van der Waals surface area contributed by atoms with Crippen molar-refractivity contribution < 1.29 is 10.2 Å². The normalized spacial score (nSPS) is 9.00. The van der Waals surface area contributed by atoms with Crippen LogP contribution < -0.4 is 0 Å². The van der Waals surface area contributed by atoms with E-state index in [2.05, 4.69) is 0 Å². The van der Waals surface area contributed by atoms with Crippen LogP contribution in [0, 0.1) is 0 Å². The van der Waals surface area contributed by atoms with Crippen molar-refractivity contribution in [2.75, 3.05) is 6.61 Å². The molecule has 0 fully saturated rings. The second-order valence-electron chi connectivity index (χ2n) is 1.97. The standard InChI is InChI=1S/C4H10O2.2CH4/c1-4(2,6)3-5;;/h5-6H,3H2,1-2H3;2*1H4. The Hall–Kier alpha value is -0.0800. The zero-order valence-electron chi connectivity index (χ0n) is 4.10. The van der Waals surface area contributed by atoms with Crippen molar-refractivity contribution >= 4 is 0 Å². The SMILES string of the molecule is C.C.CC(C)(O)CO. The quantitative estimate of drug-likeness (QED) is 0.545. The fourth-order valence-electron chi connectivity index (χ4n) is 0. The highest BCUT2D eigenvalue weighted by Crippen LogP contribution is 1.95. The molecule has 0 unspecified atom stereocenters. The summed E-state index contributed by atoms with van der Waals surface area (Å²) >= 11 is 0. The second kappa shape index (κ2) is 5.06. The number of hydrogen-bond acceptors (Lipinski definition) is 2. The summed E-state index contributed by atoms with van der Waals surface area (Å²) in [4.78, 5) is 0. The van der Waals surface area contributed by atoms with Gasteiger partial charge in [0, 0.05) is 0 Å². The van der Waals surface area contributed by atoms with E-state index in [-0.39, 0.29) is 21.5 Å². The van der Waals surface area contributed by atoms with Crippen LogP contribution in [-0.4, -0.2) is 22.4 Å². The lowest BCUT2D eigenvalue weighted by Gasteiger charge is -2.10. The molecule has 0 aliphatic heterocycles. The van der Waals surface area contributed by atoms with E-state index in [9.17, 15) is 0 Å². The van der Waals surface area contributed by atoms with Gasteiger partial charge in [0.05, 0.1) is 12.2 Å². The first-order valence-corrected chi connectivity index (χ1v) is 1.89. The Labute approximate surface area is 52.2 Å². The molecule has 2 nitrogen and oxygen atoms in total. The highest BCUT2D eigenvalue weighted by Gasteiger charge is 2.07.